The number of halogens is 1. The van der Waals surface area contributed by atoms with Crippen molar-refractivity contribution in [3.63, 3.8) is 0 Å². The Balaban J connectivity index is 0.00000576. The molecule has 0 aliphatic carbocycles. The molecule has 1 aromatic rings. The van der Waals surface area contributed by atoms with Gasteiger partial charge < -0.3 is 20.6 Å². The molecule has 0 bridgehead atoms. The van der Waals surface area contributed by atoms with Crippen molar-refractivity contribution < 1.29 is 5.11 Å². The van der Waals surface area contributed by atoms with Crippen LogP contribution in [-0.4, -0.2) is 55.2 Å². The van der Waals surface area contributed by atoms with Crippen molar-refractivity contribution in [1.82, 2.24) is 15.5 Å². The summed E-state index contributed by atoms with van der Waals surface area (Å²) in [6.07, 6.45) is 1.14. The van der Waals surface area contributed by atoms with Gasteiger partial charge in [0.25, 0.3) is 0 Å². The first kappa shape index (κ1) is 24.1. The number of hydrogen-bond acceptors (Lipinski definition) is 3. The van der Waals surface area contributed by atoms with Gasteiger partial charge in [0, 0.05) is 25.7 Å². The third-order valence-electron chi connectivity index (χ3n) is 4.39. The van der Waals surface area contributed by atoms with Gasteiger partial charge in [-0.15, -0.1) is 24.0 Å². The number of nitrogens with one attached hydrogen (secondary N) is 2. The molecule has 0 amide bonds. The monoisotopic (exact) mass is 462 g/mol. The van der Waals surface area contributed by atoms with Crippen molar-refractivity contribution in [3.8, 4) is 0 Å². The van der Waals surface area contributed by atoms with E-state index in [1.807, 2.05) is 37.3 Å². The van der Waals surface area contributed by atoms with Crippen molar-refractivity contribution in [2.45, 2.75) is 45.8 Å². The molecule has 3 N–H and O–H groups in total. The van der Waals surface area contributed by atoms with Gasteiger partial charge in [-0.25, -0.2) is 4.99 Å². The number of likely N-dealkylation sites (N-methyl/N-ethyl adjacent to an activating group) is 1. The molecule has 1 aromatic carbocycles. The lowest BCUT2D eigenvalue weighted by molar-refractivity contribution is 0.0672. The van der Waals surface area contributed by atoms with Crippen LogP contribution in [0.1, 0.15) is 39.7 Å². The van der Waals surface area contributed by atoms with Crippen molar-refractivity contribution in [1.29, 1.82) is 0 Å². The maximum Gasteiger partial charge on any atom is 0.191 e. The maximum atomic E-state index is 10.7. The van der Waals surface area contributed by atoms with Gasteiger partial charge in [0.15, 0.2) is 5.96 Å². The Kier molecular flexibility index (Phi) is 12.1. The highest BCUT2D eigenvalue weighted by Gasteiger charge is 2.22. The Morgan fingerprint density at radius 3 is 2.44 bits per heavy atom. The fraction of sp³-hybridized carbons (Fsp3) is 0.632. The lowest BCUT2D eigenvalue weighted by Crippen LogP contribution is -2.43. The van der Waals surface area contributed by atoms with Gasteiger partial charge in [-0.1, -0.05) is 37.3 Å². The largest absolute Gasteiger partial charge is 0.384 e. The zero-order valence-electron chi connectivity index (χ0n) is 16.2. The third-order valence-corrected chi connectivity index (χ3v) is 4.39. The summed E-state index contributed by atoms with van der Waals surface area (Å²) < 4.78 is 0. The second-order valence-electron chi connectivity index (χ2n) is 6.50. The molecule has 0 spiro atoms. The zero-order chi connectivity index (χ0) is 18.0. The second kappa shape index (κ2) is 12.5. The van der Waals surface area contributed by atoms with Crippen LogP contribution in [0.5, 0.6) is 0 Å². The van der Waals surface area contributed by atoms with Crippen LogP contribution >= 0.6 is 24.0 Å². The molecule has 0 radical (unpaired) electrons. The first-order valence-electron chi connectivity index (χ1n) is 8.91. The quantitative estimate of drug-likeness (QED) is 0.300. The smallest absolute Gasteiger partial charge is 0.191 e. The van der Waals surface area contributed by atoms with E-state index in [-0.39, 0.29) is 24.0 Å². The summed E-state index contributed by atoms with van der Waals surface area (Å²) in [5.41, 5.74) is -0.0991. The normalized spacial score (nSPS) is 15.2. The number of hydrogen-bond donors (Lipinski definition) is 3. The first-order chi connectivity index (χ1) is 11.4. The second-order valence-corrected chi connectivity index (χ2v) is 6.50. The predicted octanol–water partition coefficient (Wildman–Crippen LogP) is 2.80. The molecule has 25 heavy (non-hydrogen) atoms. The van der Waals surface area contributed by atoms with E-state index in [9.17, 15) is 5.11 Å². The minimum absolute atomic E-state index is 0. The lowest BCUT2D eigenvalue weighted by Gasteiger charge is -2.25. The number of guanidine groups is 1. The molecule has 2 unspecified atom stereocenters. The van der Waals surface area contributed by atoms with Gasteiger partial charge in [0.1, 0.15) is 5.60 Å². The predicted molar refractivity (Wildman–Crippen MR) is 118 cm³/mol. The lowest BCUT2D eigenvalue weighted by atomic mass is 9.96. The highest BCUT2D eigenvalue weighted by atomic mass is 127. The van der Waals surface area contributed by atoms with E-state index in [2.05, 4.69) is 41.4 Å². The van der Waals surface area contributed by atoms with E-state index in [0.717, 1.165) is 37.6 Å². The van der Waals surface area contributed by atoms with Gasteiger partial charge >= 0.3 is 0 Å². The molecule has 0 heterocycles. The molecular formula is C19H35IN4O. The molecule has 0 aliphatic rings. The van der Waals surface area contributed by atoms with Crippen LogP contribution in [0.3, 0.4) is 0 Å². The number of rotatable bonds is 9. The Labute approximate surface area is 170 Å². The van der Waals surface area contributed by atoms with E-state index in [4.69, 9.17) is 0 Å². The van der Waals surface area contributed by atoms with Crippen LogP contribution in [0.25, 0.3) is 0 Å². The summed E-state index contributed by atoms with van der Waals surface area (Å²) in [6.45, 7) is 11.1. The fourth-order valence-electron chi connectivity index (χ4n) is 2.35. The van der Waals surface area contributed by atoms with E-state index in [0.29, 0.717) is 12.6 Å². The average molecular weight is 462 g/mol. The number of aliphatic imine (C=N–C) groups is 1. The van der Waals surface area contributed by atoms with Crippen LogP contribution in [-0.2, 0) is 5.60 Å². The maximum absolute atomic E-state index is 10.7. The topological polar surface area (TPSA) is 59.9 Å². The highest BCUT2D eigenvalue weighted by Crippen LogP contribution is 2.20. The number of nitrogens with zero attached hydrogens (tertiary/aromatic N) is 2. The first-order valence-corrected chi connectivity index (χ1v) is 8.91. The molecule has 0 aliphatic heterocycles. The van der Waals surface area contributed by atoms with Crippen LogP contribution in [0.4, 0.5) is 0 Å². The zero-order valence-corrected chi connectivity index (χ0v) is 18.6. The van der Waals surface area contributed by atoms with Crippen LogP contribution in [0, 0.1) is 0 Å². The average Bonchev–Trinajstić information content (AvgIpc) is 2.59. The summed E-state index contributed by atoms with van der Waals surface area (Å²) in [5.74, 6) is 0.742. The summed E-state index contributed by atoms with van der Waals surface area (Å²) >= 11 is 0. The molecule has 6 heteroatoms. The SMILES string of the molecule is CCNC(=NCC(C)(O)c1ccccc1)NCCN(C)C(C)CC.I. The molecule has 0 fully saturated rings. The number of aliphatic hydroxyl groups is 1. The van der Waals surface area contributed by atoms with E-state index in [1.165, 1.54) is 0 Å². The molecule has 5 nitrogen and oxygen atoms in total. The van der Waals surface area contributed by atoms with E-state index in [1.54, 1.807) is 6.92 Å². The molecular weight excluding hydrogens is 427 g/mol. The Bertz CT molecular complexity index is 493. The van der Waals surface area contributed by atoms with E-state index >= 15 is 0 Å². The van der Waals surface area contributed by atoms with Gasteiger partial charge in [-0.2, -0.15) is 0 Å². The summed E-state index contributed by atoms with van der Waals surface area (Å²) in [7, 11) is 2.14. The van der Waals surface area contributed by atoms with Crippen LogP contribution in [0.15, 0.2) is 35.3 Å². The third kappa shape index (κ3) is 8.87. The molecule has 144 valence electrons. The van der Waals surface area contributed by atoms with Crippen molar-refractivity contribution in [3.05, 3.63) is 35.9 Å². The summed E-state index contributed by atoms with van der Waals surface area (Å²) in [4.78, 5) is 6.88. The van der Waals surface area contributed by atoms with Crippen molar-refractivity contribution >= 4 is 29.9 Å². The minimum Gasteiger partial charge on any atom is -0.384 e. The fourth-order valence-corrected chi connectivity index (χ4v) is 2.35. The van der Waals surface area contributed by atoms with Crippen molar-refractivity contribution in [2.75, 3.05) is 33.2 Å². The van der Waals surface area contributed by atoms with E-state index < -0.39 is 5.60 Å². The standard InChI is InChI=1S/C19H34N4O.HI/c1-6-16(3)23(5)14-13-21-18(20-7-2)22-15-19(4,24)17-11-9-8-10-12-17;/h8-12,16,24H,6-7,13-15H2,1-5H3,(H2,20,21,22);1H. The van der Waals surface area contributed by atoms with Crippen LogP contribution < -0.4 is 10.6 Å². The molecule has 0 saturated carbocycles. The van der Waals surface area contributed by atoms with Gasteiger partial charge in [-0.3, -0.25) is 0 Å². The van der Waals surface area contributed by atoms with Gasteiger partial charge in [0.2, 0.25) is 0 Å². The summed E-state index contributed by atoms with van der Waals surface area (Å²) in [6, 6.07) is 10.2. The Morgan fingerprint density at radius 1 is 1.24 bits per heavy atom. The van der Waals surface area contributed by atoms with Crippen LogP contribution in [0.2, 0.25) is 0 Å². The highest BCUT2D eigenvalue weighted by molar-refractivity contribution is 14.0. The molecule has 0 aromatic heterocycles. The molecule has 1 rings (SSSR count). The van der Waals surface area contributed by atoms with Gasteiger partial charge in [-0.05, 0) is 39.8 Å². The Hall–Kier alpha value is -0.860. The molecule has 0 saturated heterocycles. The Morgan fingerprint density at radius 2 is 1.88 bits per heavy atom. The van der Waals surface area contributed by atoms with Crippen molar-refractivity contribution in [2.24, 2.45) is 4.99 Å². The number of benzene rings is 1. The molecule has 2 atom stereocenters. The van der Waals surface area contributed by atoms with Gasteiger partial charge in [0.05, 0.1) is 6.54 Å². The summed E-state index contributed by atoms with van der Waals surface area (Å²) in [5, 5.41) is 17.2. The minimum atomic E-state index is -0.975.